The molecule has 0 saturated heterocycles. The number of nitrogens with zero attached hydrogens (tertiary/aromatic N) is 2. The molecule has 0 aliphatic carbocycles. The van der Waals surface area contributed by atoms with Crippen molar-refractivity contribution in [2.75, 3.05) is 7.05 Å². The van der Waals surface area contributed by atoms with Crippen LogP contribution in [0.1, 0.15) is 17.3 Å². The molecule has 0 saturated carbocycles. The van der Waals surface area contributed by atoms with E-state index in [-0.39, 0.29) is 11.9 Å². The van der Waals surface area contributed by atoms with E-state index in [2.05, 4.69) is 10.3 Å². The van der Waals surface area contributed by atoms with Crippen LogP contribution in [0.3, 0.4) is 0 Å². The number of thiazole rings is 1. The summed E-state index contributed by atoms with van der Waals surface area (Å²) in [6.07, 6.45) is 4.69. The molecule has 104 valence electrons. The van der Waals surface area contributed by atoms with E-state index in [1.807, 2.05) is 29.2 Å². The van der Waals surface area contributed by atoms with Crippen LogP contribution >= 0.6 is 22.9 Å². The maximum atomic E-state index is 13.1. The van der Waals surface area contributed by atoms with Crippen LogP contribution < -0.4 is 5.32 Å². The molecule has 0 spiro atoms. The molecule has 6 heteroatoms. The summed E-state index contributed by atoms with van der Waals surface area (Å²) >= 11 is 7.72. The van der Waals surface area contributed by atoms with Gasteiger partial charge in [-0.15, -0.1) is 11.3 Å². The lowest BCUT2D eigenvalue weighted by atomic mass is 10.0. The maximum Gasteiger partial charge on any atom is 0.193 e. The summed E-state index contributed by atoms with van der Waals surface area (Å²) < 4.78 is 15.1. The van der Waals surface area contributed by atoms with Crippen LogP contribution in [-0.4, -0.2) is 16.4 Å². The molecule has 0 bridgehead atoms. The van der Waals surface area contributed by atoms with Crippen molar-refractivity contribution in [3.05, 3.63) is 58.1 Å². The van der Waals surface area contributed by atoms with E-state index in [4.69, 9.17) is 11.6 Å². The fraction of sp³-hybridized carbons (Fsp3) is 0.214. The van der Waals surface area contributed by atoms with Gasteiger partial charge in [0.15, 0.2) is 4.96 Å². The van der Waals surface area contributed by atoms with E-state index < -0.39 is 0 Å². The minimum absolute atomic E-state index is 0.00714. The topological polar surface area (TPSA) is 29.3 Å². The van der Waals surface area contributed by atoms with Crippen molar-refractivity contribution in [3.8, 4) is 0 Å². The summed E-state index contributed by atoms with van der Waals surface area (Å²) in [6, 6.07) is 4.49. The van der Waals surface area contributed by atoms with Gasteiger partial charge < -0.3 is 5.32 Å². The Bertz CT molecular complexity index is 708. The zero-order valence-corrected chi connectivity index (χ0v) is 12.4. The van der Waals surface area contributed by atoms with Crippen LogP contribution in [0.5, 0.6) is 0 Å². The van der Waals surface area contributed by atoms with Crippen molar-refractivity contribution in [2.24, 2.45) is 0 Å². The molecule has 1 atom stereocenters. The normalized spacial score (nSPS) is 12.9. The molecular formula is C14H13ClFN3S. The van der Waals surface area contributed by atoms with Crippen molar-refractivity contribution >= 4 is 27.9 Å². The fourth-order valence-corrected chi connectivity index (χ4v) is 3.25. The van der Waals surface area contributed by atoms with E-state index in [1.54, 1.807) is 17.4 Å². The second-order valence-corrected chi connectivity index (χ2v) is 5.82. The van der Waals surface area contributed by atoms with E-state index in [9.17, 15) is 4.39 Å². The van der Waals surface area contributed by atoms with Crippen molar-refractivity contribution < 1.29 is 4.39 Å². The first-order valence-electron chi connectivity index (χ1n) is 6.20. The molecule has 1 N–H and O–H groups in total. The number of hydrogen-bond acceptors (Lipinski definition) is 3. The Morgan fingerprint density at radius 1 is 1.50 bits per heavy atom. The summed E-state index contributed by atoms with van der Waals surface area (Å²) in [5.74, 6) is -0.323. The molecule has 0 amide bonds. The van der Waals surface area contributed by atoms with Crippen LogP contribution in [0, 0.1) is 5.82 Å². The number of hydrogen-bond donors (Lipinski definition) is 1. The van der Waals surface area contributed by atoms with Crippen LogP contribution in [0.2, 0.25) is 5.02 Å². The largest absolute Gasteiger partial charge is 0.313 e. The summed E-state index contributed by atoms with van der Waals surface area (Å²) in [5.41, 5.74) is 1.86. The third-order valence-electron chi connectivity index (χ3n) is 3.24. The van der Waals surface area contributed by atoms with E-state index in [0.717, 1.165) is 16.2 Å². The van der Waals surface area contributed by atoms with Gasteiger partial charge in [0.25, 0.3) is 0 Å². The number of fused-ring (bicyclic) bond motifs is 1. The van der Waals surface area contributed by atoms with E-state index in [1.165, 1.54) is 12.1 Å². The molecule has 2 aromatic heterocycles. The third-order valence-corrected chi connectivity index (χ3v) is 4.34. The standard InChI is InChI=1S/C14H13ClFN3S/c1-17-13(11-3-2-9(16)6-12(11)15)7-10-8-19-4-5-20-14(19)18-10/h2-6,8,13,17H,7H2,1H3. The molecule has 1 unspecified atom stereocenters. The lowest BCUT2D eigenvalue weighted by Gasteiger charge is -2.16. The van der Waals surface area contributed by atoms with Gasteiger partial charge in [0, 0.05) is 35.3 Å². The van der Waals surface area contributed by atoms with Crippen LogP contribution in [0.25, 0.3) is 4.96 Å². The Hall–Kier alpha value is -1.43. The molecule has 2 heterocycles. The van der Waals surface area contributed by atoms with Gasteiger partial charge in [-0.05, 0) is 24.7 Å². The quantitative estimate of drug-likeness (QED) is 0.796. The maximum absolute atomic E-state index is 13.1. The number of likely N-dealkylation sites (N-methyl/N-ethyl adjacent to an activating group) is 1. The Balaban J connectivity index is 1.88. The second-order valence-electron chi connectivity index (χ2n) is 4.54. The number of benzene rings is 1. The first kappa shape index (κ1) is 13.5. The lowest BCUT2D eigenvalue weighted by Crippen LogP contribution is -2.19. The fourth-order valence-electron chi connectivity index (χ4n) is 2.24. The number of imidazole rings is 1. The van der Waals surface area contributed by atoms with Crippen LogP contribution in [0.4, 0.5) is 4.39 Å². The highest BCUT2D eigenvalue weighted by Gasteiger charge is 2.16. The zero-order chi connectivity index (χ0) is 14.1. The minimum atomic E-state index is -0.323. The van der Waals surface area contributed by atoms with Gasteiger partial charge in [-0.2, -0.15) is 0 Å². The van der Waals surface area contributed by atoms with Gasteiger partial charge >= 0.3 is 0 Å². The van der Waals surface area contributed by atoms with Crippen molar-refractivity contribution in [1.82, 2.24) is 14.7 Å². The molecule has 3 aromatic rings. The summed E-state index contributed by atoms with van der Waals surface area (Å²) in [7, 11) is 1.86. The molecule has 0 radical (unpaired) electrons. The van der Waals surface area contributed by atoms with Gasteiger partial charge in [-0.1, -0.05) is 17.7 Å². The minimum Gasteiger partial charge on any atom is -0.313 e. The Morgan fingerprint density at radius 3 is 3.05 bits per heavy atom. The molecule has 3 nitrogen and oxygen atoms in total. The molecule has 0 aliphatic rings. The van der Waals surface area contributed by atoms with Crippen molar-refractivity contribution in [2.45, 2.75) is 12.5 Å². The Kier molecular flexibility index (Phi) is 3.74. The van der Waals surface area contributed by atoms with Gasteiger partial charge in [-0.3, -0.25) is 4.40 Å². The Morgan fingerprint density at radius 2 is 2.35 bits per heavy atom. The smallest absolute Gasteiger partial charge is 0.193 e. The number of aromatic nitrogens is 2. The highest BCUT2D eigenvalue weighted by Crippen LogP contribution is 2.26. The molecular weight excluding hydrogens is 297 g/mol. The predicted molar refractivity (Wildman–Crippen MR) is 80.0 cm³/mol. The highest BCUT2D eigenvalue weighted by atomic mass is 35.5. The average molecular weight is 310 g/mol. The van der Waals surface area contributed by atoms with Crippen molar-refractivity contribution in [3.63, 3.8) is 0 Å². The molecule has 20 heavy (non-hydrogen) atoms. The second kappa shape index (κ2) is 5.52. The molecule has 0 fully saturated rings. The van der Waals surface area contributed by atoms with Gasteiger partial charge in [0.1, 0.15) is 5.82 Å². The Labute approximate surface area is 125 Å². The average Bonchev–Trinajstić information content (AvgIpc) is 2.97. The van der Waals surface area contributed by atoms with Crippen LogP contribution in [0.15, 0.2) is 36.0 Å². The zero-order valence-electron chi connectivity index (χ0n) is 10.8. The van der Waals surface area contributed by atoms with Gasteiger partial charge in [0.05, 0.1) is 5.69 Å². The summed E-state index contributed by atoms with van der Waals surface area (Å²) in [5, 5.41) is 5.64. The van der Waals surface area contributed by atoms with E-state index >= 15 is 0 Å². The van der Waals surface area contributed by atoms with Crippen molar-refractivity contribution in [1.29, 1.82) is 0 Å². The third kappa shape index (κ3) is 2.57. The summed E-state index contributed by atoms with van der Waals surface area (Å²) in [4.78, 5) is 5.53. The highest BCUT2D eigenvalue weighted by molar-refractivity contribution is 7.15. The molecule has 0 aliphatic heterocycles. The van der Waals surface area contributed by atoms with Gasteiger partial charge in [0.2, 0.25) is 0 Å². The number of halogens is 2. The number of rotatable bonds is 4. The number of nitrogens with one attached hydrogen (secondary N) is 1. The monoisotopic (exact) mass is 309 g/mol. The summed E-state index contributed by atoms with van der Waals surface area (Å²) in [6.45, 7) is 0. The van der Waals surface area contributed by atoms with E-state index in [0.29, 0.717) is 11.4 Å². The molecule has 3 rings (SSSR count). The predicted octanol–water partition coefficient (Wildman–Crippen LogP) is 3.69. The first-order valence-corrected chi connectivity index (χ1v) is 7.46. The SMILES string of the molecule is CNC(Cc1cn2ccsc2n1)c1ccc(F)cc1Cl. The lowest BCUT2D eigenvalue weighted by molar-refractivity contribution is 0.581. The molecule has 1 aromatic carbocycles. The first-order chi connectivity index (χ1) is 9.67. The van der Waals surface area contributed by atoms with Crippen LogP contribution in [-0.2, 0) is 6.42 Å². The van der Waals surface area contributed by atoms with Gasteiger partial charge in [-0.25, -0.2) is 9.37 Å².